The fourth-order valence-electron chi connectivity index (χ4n) is 0.826. The Labute approximate surface area is 122 Å². The van der Waals surface area contributed by atoms with Crippen molar-refractivity contribution in [3.8, 4) is 0 Å². The molecule has 0 aromatic rings. The fraction of sp³-hybridized carbons (Fsp3) is 0.857. The molecule has 0 fully saturated rings. The van der Waals surface area contributed by atoms with E-state index >= 15 is 0 Å². The summed E-state index contributed by atoms with van der Waals surface area (Å²) < 4.78 is 5.18. The van der Waals surface area contributed by atoms with Gasteiger partial charge in [-0.05, 0) is 27.2 Å². The number of hydrogen-bond acceptors (Lipinski definition) is 4. The lowest BCUT2D eigenvalue weighted by molar-refractivity contribution is -0.115. The highest BCUT2D eigenvalue weighted by atomic mass is 16.6. The third-order valence-corrected chi connectivity index (χ3v) is 1.68. The molecular weight excluding hydrogens is 260 g/mol. The lowest BCUT2D eigenvalue weighted by Gasteiger charge is -2.24. The third-order valence-electron chi connectivity index (χ3n) is 1.68. The Bertz CT molecular complexity index is 273. The molecule has 2 amide bonds. The minimum Gasteiger partial charge on any atom is -0.444 e. The molecule has 0 spiro atoms. The van der Waals surface area contributed by atoms with Gasteiger partial charge in [-0.25, -0.2) is 4.79 Å². The number of rotatable bonds is 3. The van der Waals surface area contributed by atoms with E-state index in [0.717, 1.165) is 26.3 Å². The van der Waals surface area contributed by atoms with Gasteiger partial charge in [-0.3, -0.25) is 4.79 Å². The van der Waals surface area contributed by atoms with Gasteiger partial charge in [0.05, 0.1) is 0 Å². The fourth-order valence-corrected chi connectivity index (χ4v) is 0.826. The predicted octanol–water partition coefficient (Wildman–Crippen LogP) is 3.98. The first kappa shape index (κ1) is 23.6. The first-order chi connectivity index (χ1) is 9.14. The summed E-state index contributed by atoms with van der Waals surface area (Å²) in [5, 5.41) is 2.00. The standard InChI is InChI=1S/C10H21NO2.C2H3NO2.C2H6/c1-6-7-8-11(5)9(12)13-10(2,3)4;1-2(4)3-5;1-2/h6-8H2,1-5H3;1H3;1-2H3. The SMILES string of the molecule is CC.CC(=O)N=O.CCCCN(C)C(=O)OC(C)(C)C. The maximum atomic E-state index is 11.4. The molecule has 0 radical (unpaired) electrons. The lowest BCUT2D eigenvalue weighted by atomic mass is 10.2. The van der Waals surface area contributed by atoms with Crippen molar-refractivity contribution in [3.63, 3.8) is 0 Å². The first-order valence-electron chi connectivity index (χ1n) is 6.92. The van der Waals surface area contributed by atoms with Crippen LogP contribution in [0, 0.1) is 4.91 Å². The van der Waals surface area contributed by atoms with Gasteiger partial charge in [0.1, 0.15) is 5.60 Å². The zero-order chi connectivity index (χ0) is 16.8. The highest BCUT2D eigenvalue weighted by Crippen LogP contribution is 2.09. The van der Waals surface area contributed by atoms with E-state index in [4.69, 9.17) is 9.64 Å². The van der Waals surface area contributed by atoms with E-state index in [1.807, 2.05) is 39.8 Å². The molecule has 0 aliphatic carbocycles. The lowest BCUT2D eigenvalue weighted by Crippen LogP contribution is -2.34. The van der Waals surface area contributed by atoms with Gasteiger partial charge in [0, 0.05) is 25.7 Å². The van der Waals surface area contributed by atoms with Gasteiger partial charge in [-0.15, -0.1) is 4.91 Å². The molecule has 0 aromatic heterocycles. The molecule has 6 heteroatoms. The molecule has 0 aromatic carbocycles. The van der Waals surface area contributed by atoms with E-state index in [1.165, 1.54) is 0 Å². The molecule has 0 aliphatic heterocycles. The number of amides is 2. The van der Waals surface area contributed by atoms with Gasteiger partial charge in [-0.2, -0.15) is 0 Å². The van der Waals surface area contributed by atoms with Gasteiger partial charge in [0.15, 0.2) is 0 Å². The van der Waals surface area contributed by atoms with Crippen molar-refractivity contribution in [2.45, 2.75) is 66.9 Å². The van der Waals surface area contributed by atoms with Crippen LogP contribution < -0.4 is 0 Å². The largest absolute Gasteiger partial charge is 0.444 e. The molecular formula is C14H30N2O4. The maximum absolute atomic E-state index is 11.4. The second-order valence-electron chi connectivity index (χ2n) is 4.87. The quantitative estimate of drug-likeness (QED) is 0.737. The van der Waals surface area contributed by atoms with Crippen LogP contribution in [0.15, 0.2) is 5.18 Å². The number of hydrogen-bond donors (Lipinski definition) is 0. The summed E-state index contributed by atoms with van der Waals surface area (Å²) in [7, 11) is 1.77. The van der Waals surface area contributed by atoms with Crippen LogP contribution in [0.3, 0.4) is 0 Å². The summed E-state index contributed by atoms with van der Waals surface area (Å²) in [4.78, 5) is 31.2. The van der Waals surface area contributed by atoms with Crippen LogP contribution in [-0.2, 0) is 9.53 Å². The number of ether oxygens (including phenoxy) is 1. The molecule has 0 bridgehead atoms. The van der Waals surface area contributed by atoms with Gasteiger partial charge in [0.25, 0.3) is 5.91 Å². The Morgan fingerprint density at radius 1 is 1.20 bits per heavy atom. The van der Waals surface area contributed by atoms with E-state index in [1.54, 1.807) is 11.9 Å². The van der Waals surface area contributed by atoms with Crippen LogP contribution in [0.1, 0.15) is 61.3 Å². The van der Waals surface area contributed by atoms with Crippen LogP contribution >= 0.6 is 0 Å². The van der Waals surface area contributed by atoms with Gasteiger partial charge < -0.3 is 9.64 Å². The summed E-state index contributed by atoms with van der Waals surface area (Å²) in [5.41, 5.74) is -0.391. The minimum atomic E-state index is -0.676. The smallest absolute Gasteiger partial charge is 0.410 e. The zero-order valence-corrected chi connectivity index (χ0v) is 14.1. The van der Waals surface area contributed by atoms with Crippen LogP contribution in [0.5, 0.6) is 0 Å². The number of nitrogens with zero attached hydrogens (tertiary/aromatic N) is 2. The van der Waals surface area contributed by atoms with Crippen molar-refractivity contribution in [1.82, 2.24) is 4.90 Å². The van der Waals surface area contributed by atoms with Crippen LogP contribution in [-0.4, -0.2) is 36.1 Å². The molecule has 120 valence electrons. The van der Waals surface area contributed by atoms with Gasteiger partial charge in [0.2, 0.25) is 0 Å². The van der Waals surface area contributed by atoms with Gasteiger partial charge >= 0.3 is 6.09 Å². The van der Waals surface area contributed by atoms with E-state index in [2.05, 4.69) is 6.92 Å². The maximum Gasteiger partial charge on any atom is 0.410 e. The molecule has 0 aliphatic rings. The Morgan fingerprint density at radius 3 is 1.85 bits per heavy atom. The molecule has 20 heavy (non-hydrogen) atoms. The molecule has 0 N–H and O–H groups in total. The second-order valence-corrected chi connectivity index (χ2v) is 4.87. The van der Waals surface area contributed by atoms with Crippen molar-refractivity contribution in [2.75, 3.05) is 13.6 Å². The molecule has 0 saturated heterocycles. The average Bonchev–Trinajstić information content (AvgIpc) is 2.36. The second kappa shape index (κ2) is 14.0. The van der Waals surface area contributed by atoms with E-state index < -0.39 is 11.5 Å². The minimum absolute atomic E-state index is 0.235. The molecule has 0 saturated carbocycles. The van der Waals surface area contributed by atoms with Crippen molar-refractivity contribution in [2.24, 2.45) is 5.18 Å². The molecule has 0 heterocycles. The Kier molecular flexibility index (Phi) is 16.5. The molecule has 0 atom stereocenters. The van der Waals surface area contributed by atoms with Crippen LogP contribution in [0.25, 0.3) is 0 Å². The Morgan fingerprint density at radius 2 is 1.60 bits per heavy atom. The van der Waals surface area contributed by atoms with Gasteiger partial charge in [-0.1, -0.05) is 27.2 Å². The Balaban J connectivity index is -0.000000346. The van der Waals surface area contributed by atoms with Crippen LogP contribution in [0.4, 0.5) is 4.79 Å². The zero-order valence-electron chi connectivity index (χ0n) is 14.1. The van der Waals surface area contributed by atoms with Crippen molar-refractivity contribution >= 4 is 12.0 Å². The topological polar surface area (TPSA) is 76.0 Å². The highest BCUT2D eigenvalue weighted by Gasteiger charge is 2.18. The van der Waals surface area contributed by atoms with Crippen molar-refractivity contribution in [3.05, 3.63) is 4.91 Å². The predicted molar refractivity (Wildman–Crippen MR) is 81.6 cm³/mol. The van der Waals surface area contributed by atoms with Crippen LogP contribution in [0.2, 0.25) is 0 Å². The summed E-state index contributed by atoms with van der Waals surface area (Å²) >= 11 is 0. The summed E-state index contributed by atoms with van der Waals surface area (Å²) in [6.45, 7) is 13.6. The first-order valence-corrected chi connectivity index (χ1v) is 6.92. The summed E-state index contributed by atoms with van der Waals surface area (Å²) in [5.74, 6) is -0.676. The monoisotopic (exact) mass is 290 g/mol. The molecule has 0 unspecified atom stereocenters. The van der Waals surface area contributed by atoms with Crippen molar-refractivity contribution in [1.29, 1.82) is 0 Å². The highest BCUT2D eigenvalue weighted by molar-refractivity contribution is 5.73. The average molecular weight is 290 g/mol. The number of carbonyl (C=O) groups is 2. The summed E-state index contributed by atoms with van der Waals surface area (Å²) in [6, 6.07) is 0. The normalized spacial score (nSPS) is 9.20. The van der Waals surface area contributed by atoms with E-state index in [-0.39, 0.29) is 6.09 Å². The van der Waals surface area contributed by atoms with Crippen molar-refractivity contribution < 1.29 is 14.3 Å². The Hall–Kier alpha value is -1.46. The number of unbranched alkanes of at least 4 members (excludes halogenated alkanes) is 1. The van der Waals surface area contributed by atoms with E-state index in [9.17, 15) is 9.59 Å². The van der Waals surface area contributed by atoms with E-state index in [0.29, 0.717) is 0 Å². The number of nitroso groups, excluding NO2 is 1. The molecule has 0 rings (SSSR count). The summed E-state index contributed by atoms with van der Waals surface area (Å²) in [6.07, 6.45) is 1.88. The molecule has 6 nitrogen and oxygen atoms in total. The third kappa shape index (κ3) is 21.8. The number of carbonyl (C=O) groups excluding carboxylic acids is 2.